The molecule has 7 nitrogen and oxygen atoms in total. The van der Waals surface area contributed by atoms with Crippen molar-refractivity contribution < 1.29 is 4.79 Å². The van der Waals surface area contributed by atoms with Crippen LogP contribution in [-0.4, -0.2) is 50.4 Å². The summed E-state index contributed by atoms with van der Waals surface area (Å²) in [5.41, 5.74) is 2.48. The second-order valence-electron chi connectivity index (χ2n) is 6.91. The first-order valence-electron chi connectivity index (χ1n) is 9.49. The minimum atomic E-state index is 0.268. The van der Waals surface area contributed by atoms with Gasteiger partial charge in [-0.25, -0.2) is 15.0 Å². The van der Waals surface area contributed by atoms with Crippen molar-refractivity contribution in [2.24, 2.45) is 0 Å². The van der Waals surface area contributed by atoms with E-state index in [1.807, 2.05) is 17.0 Å². The Kier molecular flexibility index (Phi) is 4.40. The number of carbonyl (C=O) groups is 1. The summed E-state index contributed by atoms with van der Waals surface area (Å²) >= 11 is 1.69. The van der Waals surface area contributed by atoms with Gasteiger partial charge in [0.15, 0.2) is 17.3 Å². The number of benzene rings is 1. The van der Waals surface area contributed by atoms with Crippen LogP contribution in [0.3, 0.4) is 0 Å². The van der Waals surface area contributed by atoms with Crippen molar-refractivity contribution in [1.29, 1.82) is 0 Å². The van der Waals surface area contributed by atoms with Crippen LogP contribution in [-0.2, 0) is 4.79 Å². The van der Waals surface area contributed by atoms with Gasteiger partial charge in [0.1, 0.15) is 5.52 Å². The summed E-state index contributed by atoms with van der Waals surface area (Å²) in [5, 5.41) is 6.66. The summed E-state index contributed by atoms with van der Waals surface area (Å²) in [6, 6.07) is 8.28. The molecule has 0 bridgehead atoms. The molecule has 0 aliphatic carbocycles. The molecule has 142 valence electrons. The predicted molar refractivity (Wildman–Crippen MR) is 111 cm³/mol. The molecule has 3 aromatic heterocycles. The number of imidazole rings is 1. The number of amides is 1. The molecule has 4 heterocycles. The molecule has 1 aromatic carbocycles. The topological polar surface area (TPSA) is 86.8 Å². The van der Waals surface area contributed by atoms with Crippen LogP contribution in [0.4, 0.5) is 5.82 Å². The second kappa shape index (κ2) is 7.20. The number of anilines is 1. The highest BCUT2D eigenvalue weighted by Gasteiger charge is 2.19. The van der Waals surface area contributed by atoms with Crippen LogP contribution in [0.15, 0.2) is 36.0 Å². The van der Waals surface area contributed by atoms with Crippen molar-refractivity contribution in [3.05, 3.63) is 36.0 Å². The number of fused-ring (bicyclic) bond motifs is 2. The molecule has 1 aliphatic heterocycles. The van der Waals surface area contributed by atoms with Gasteiger partial charge in [0.2, 0.25) is 5.91 Å². The van der Waals surface area contributed by atoms with E-state index in [0.717, 1.165) is 54.8 Å². The van der Waals surface area contributed by atoms with E-state index in [-0.39, 0.29) is 5.91 Å². The smallest absolute Gasteiger partial charge is 0.222 e. The number of hydrogen-bond acceptors (Lipinski definition) is 6. The molecule has 0 saturated carbocycles. The summed E-state index contributed by atoms with van der Waals surface area (Å²) in [7, 11) is 0. The van der Waals surface area contributed by atoms with Gasteiger partial charge in [-0.1, -0.05) is 18.2 Å². The highest BCUT2D eigenvalue weighted by molar-refractivity contribution is 7.17. The lowest BCUT2D eigenvalue weighted by Gasteiger charge is -2.15. The van der Waals surface area contributed by atoms with Gasteiger partial charge in [-0.3, -0.25) is 4.79 Å². The van der Waals surface area contributed by atoms with E-state index in [1.54, 1.807) is 17.7 Å². The van der Waals surface area contributed by atoms with Crippen molar-refractivity contribution in [3.63, 3.8) is 0 Å². The Labute approximate surface area is 165 Å². The zero-order chi connectivity index (χ0) is 18.9. The molecule has 1 fully saturated rings. The molecular weight excluding hydrogens is 372 g/mol. The fraction of sp³-hybridized carbons (Fsp3) is 0.300. The van der Waals surface area contributed by atoms with E-state index in [2.05, 4.69) is 37.8 Å². The number of aromatic nitrogens is 4. The number of thiophene rings is 1. The summed E-state index contributed by atoms with van der Waals surface area (Å²) in [6.45, 7) is 2.40. The lowest BCUT2D eigenvalue weighted by atomic mass is 10.1. The van der Waals surface area contributed by atoms with E-state index in [4.69, 9.17) is 4.98 Å². The van der Waals surface area contributed by atoms with Gasteiger partial charge in [0.25, 0.3) is 0 Å². The molecular formula is C20H20N6OS. The SMILES string of the molecule is O=C1CCCN1CCCNc1nc(-c2csc3ccccc23)nc2nc[nH]c12. The zero-order valence-electron chi connectivity index (χ0n) is 15.3. The number of aromatic amines is 1. The summed E-state index contributed by atoms with van der Waals surface area (Å²) in [6.07, 6.45) is 4.18. The van der Waals surface area contributed by atoms with Gasteiger partial charge in [-0.2, -0.15) is 0 Å². The van der Waals surface area contributed by atoms with E-state index in [1.165, 1.54) is 4.70 Å². The number of H-pyrrole nitrogens is 1. The van der Waals surface area contributed by atoms with Crippen molar-refractivity contribution in [3.8, 4) is 11.4 Å². The van der Waals surface area contributed by atoms with E-state index in [0.29, 0.717) is 17.9 Å². The third kappa shape index (κ3) is 3.09. The Morgan fingerprint density at radius 3 is 3.07 bits per heavy atom. The minimum absolute atomic E-state index is 0.268. The molecule has 1 aliphatic rings. The molecule has 2 N–H and O–H groups in total. The molecule has 0 unspecified atom stereocenters. The quantitative estimate of drug-likeness (QED) is 0.489. The van der Waals surface area contributed by atoms with Crippen molar-refractivity contribution >= 4 is 44.3 Å². The Hall–Kier alpha value is -3.00. The normalized spacial score (nSPS) is 14.4. The lowest BCUT2D eigenvalue weighted by Crippen LogP contribution is -2.27. The fourth-order valence-corrected chi connectivity index (χ4v) is 4.59. The summed E-state index contributed by atoms with van der Waals surface area (Å²) < 4.78 is 1.22. The Bertz CT molecular complexity index is 1150. The average molecular weight is 392 g/mol. The maximum atomic E-state index is 11.7. The van der Waals surface area contributed by atoms with Crippen LogP contribution >= 0.6 is 11.3 Å². The van der Waals surface area contributed by atoms with E-state index >= 15 is 0 Å². The van der Waals surface area contributed by atoms with Gasteiger partial charge in [-0.05, 0) is 18.9 Å². The molecule has 0 atom stereocenters. The number of rotatable bonds is 6. The van der Waals surface area contributed by atoms with E-state index < -0.39 is 0 Å². The van der Waals surface area contributed by atoms with Gasteiger partial charge in [0.05, 0.1) is 6.33 Å². The van der Waals surface area contributed by atoms with Gasteiger partial charge in [-0.15, -0.1) is 11.3 Å². The van der Waals surface area contributed by atoms with Crippen molar-refractivity contribution in [1.82, 2.24) is 24.8 Å². The lowest BCUT2D eigenvalue weighted by molar-refractivity contribution is -0.127. The maximum absolute atomic E-state index is 11.7. The standard InChI is InChI=1S/C20H20N6OS/c27-16-7-3-9-26(16)10-4-8-21-19-17-20(23-12-22-17)25-18(24-19)14-11-28-15-6-2-1-5-13(14)15/h1-2,5-6,11-12H,3-4,7-10H2,(H2,21,22,23,24,25). The molecule has 1 amide bonds. The summed E-state index contributed by atoms with van der Waals surface area (Å²) in [4.78, 5) is 30.6. The second-order valence-corrected chi connectivity index (χ2v) is 7.82. The Morgan fingerprint density at radius 1 is 1.25 bits per heavy atom. The number of nitrogens with one attached hydrogen (secondary N) is 2. The van der Waals surface area contributed by atoms with Crippen LogP contribution in [0.25, 0.3) is 32.6 Å². The molecule has 4 aromatic rings. The number of nitrogens with zero attached hydrogens (tertiary/aromatic N) is 4. The first kappa shape index (κ1) is 17.1. The molecule has 0 spiro atoms. The monoisotopic (exact) mass is 392 g/mol. The summed E-state index contributed by atoms with van der Waals surface area (Å²) in [5.74, 6) is 1.69. The highest BCUT2D eigenvalue weighted by atomic mass is 32.1. The Balaban J connectivity index is 1.39. The zero-order valence-corrected chi connectivity index (χ0v) is 16.1. The number of carbonyl (C=O) groups excluding carboxylic acids is 1. The predicted octanol–water partition coefficient (Wildman–Crippen LogP) is 3.66. The van der Waals surface area contributed by atoms with Gasteiger partial charge >= 0.3 is 0 Å². The molecule has 0 radical (unpaired) electrons. The first-order chi connectivity index (χ1) is 13.8. The van der Waals surface area contributed by atoms with E-state index in [9.17, 15) is 4.79 Å². The van der Waals surface area contributed by atoms with Crippen LogP contribution < -0.4 is 5.32 Å². The largest absolute Gasteiger partial charge is 0.368 e. The van der Waals surface area contributed by atoms with Crippen molar-refractivity contribution in [2.75, 3.05) is 25.0 Å². The van der Waals surface area contributed by atoms with Gasteiger partial charge < -0.3 is 15.2 Å². The third-order valence-corrected chi connectivity index (χ3v) is 6.04. The van der Waals surface area contributed by atoms with Crippen molar-refractivity contribution in [2.45, 2.75) is 19.3 Å². The molecule has 1 saturated heterocycles. The van der Waals surface area contributed by atoms with Crippen LogP contribution in [0.1, 0.15) is 19.3 Å². The third-order valence-electron chi connectivity index (χ3n) is 5.08. The fourth-order valence-electron chi connectivity index (χ4n) is 3.65. The molecule has 28 heavy (non-hydrogen) atoms. The molecule has 8 heteroatoms. The van der Waals surface area contributed by atoms with Crippen LogP contribution in [0, 0.1) is 0 Å². The van der Waals surface area contributed by atoms with Crippen LogP contribution in [0.2, 0.25) is 0 Å². The van der Waals surface area contributed by atoms with Crippen LogP contribution in [0.5, 0.6) is 0 Å². The Morgan fingerprint density at radius 2 is 2.18 bits per heavy atom. The maximum Gasteiger partial charge on any atom is 0.222 e. The average Bonchev–Trinajstić information content (AvgIpc) is 3.44. The minimum Gasteiger partial charge on any atom is -0.368 e. The molecule has 5 rings (SSSR count). The number of hydrogen-bond donors (Lipinski definition) is 2. The highest BCUT2D eigenvalue weighted by Crippen LogP contribution is 2.33. The number of likely N-dealkylation sites (tertiary alicyclic amines) is 1. The van der Waals surface area contributed by atoms with Gasteiger partial charge in [0, 0.05) is 47.1 Å². The first-order valence-corrected chi connectivity index (χ1v) is 10.4.